The van der Waals surface area contributed by atoms with Gasteiger partial charge in [0.2, 0.25) is 5.78 Å². The van der Waals surface area contributed by atoms with Crippen LogP contribution in [-0.4, -0.2) is 11.6 Å². The third-order valence-corrected chi connectivity index (χ3v) is 7.40. The maximum absolute atomic E-state index is 13.1. The Morgan fingerprint density at radius 2 is 1.89 bits per heavy atom. The first-order valence-corrected chi connectivity index (χ1v) is 10.6. The van der Waals surface area contributed by atoms with E-state index in [4.69, 9.17) is 11.5 Å². The van der Waals surface area contributed by atoms with Crippen LogP contribution >= 0.6 is 27.3 Å². The molecule has 5 N–H and O–H groups in total. The van der Waals surface area contributed by atoms with Gasteiger partial charge in [0, 0.05) is 21.0 Å². The molecule has 1 aromatic heterocycles. The molecule has 0 radical (unpaired) electrons. The van der Waals surface area contributed by atoms with Crippen LogP contribution < -0.4 is 16.5 Å². The summed E-state index contributed by atoms with van der Waals surface area (Å²) in [6.07, 6.45) is 4.96. The van der Waals surface area contributed by atoms with Crippen LogP contribution in [0.3, 0.4) is 0 Å². The van der Waals surface area contributed by atoms with Crippen molar-refractivity contribution < 1.29 is 9.79 Å². The van der Waals surface area contributed by atoms with Crippen molar-refractivity contribution in [2.24, 2.45) is 11.7 Å². The number of thiophene rings is 1. The number of fused-ring (bicyclic) bond motifs is 2. The molecule has 0 bridgehead atoms. The Labute approximate surface area is 170 Å². The van der Waals surface area contributed by atoms with Crippen molar-refractivity contribution in [3.8, 4) is 6.07 Å². The molecule has 2 heterocycles. The number of hydrogen-bond acceptors (Lipinski definition) is 5. The summed E-state index contributed by atoms with van der Waals surface area (Å²) in [6.45, 7) is 0. The topological polar surface area (TPSA) is 107 Å². The normalized spacial score (nSPS) is 20.6. The highest BCUT2D eigenvalue weighted by molar-refractivity contribution is 9.10. The SMILES string of the molecule is N#C[C@H]1C(N)=[NH+]c2sc(C(=O)c3ccc(Br)cc3)c(N)c2C12CCCCC2. The molecule has 1 fully saturated rings. The molecule has 1 spiro atoms. The number of halogens is 1. The lowest BCUT2D eigenvalue weighted by Gasteiger charge is -2.41. The number of ketones is 1. The van der Waals surface area contributed by atoms with E-state index in [1.165, 1.54) is 11.3 Å². The molecule has 27 heavy (non-hydrogen) atoms. The maximum Gasteiger partial charge on any atom is 0.264 e. The zero-order chi connectivity index (χ0) is 19.2. The highest BCUT2D eigenvalue weighted by atomic mass is 79.9. The predicted molar refractivity (Wildman–Crippen MR) is 110 cm³/mol. The summed E-state index contributed by atoms with van der Waals surface area (Å²) < 4.78 is 0.916. The van der Waals surface area contributed by atoms with Crippen LogP contribution in [0.1, 0.15) is 52.9 Å². The van der Waals surface area contributed by atoms with Crippen molar-refractivity contribution >= 4 is 49.6 Å². The second kappa shape index (κ2) is 6.77. The van der Waals surface area contributed by atoms with Crippen LogP contribution in [0.4, 0.5) is 10.7 Å². The minimum absolute atomic E-state index is 0.0979. The first-order valence-electron chi connectivity index (χ1n) is 9.00. The maximum atomic E-state index is 13.1. The molecule has 0 saturated heterocycles. The Balaban J connectivity index is 1.86. The van der Waals surface area contributed by atoms with Crippen molar-refractivity contribution in [1.29, 1.82) is 5.26 Å². The molecular weight excluding hydrogens is 424 g/mol. The summed E-state index contributed by atoms with van der Waals surface area (Å²) in [5.41, 5.74) is 14.4. The molecule has 1 aromatic carbocycles. The first-order chi connectivity index (χ1) is 13.0. The van der Waals surface area contributed by atoms with Gasteiger partial charge in [-0.15, -0.1) is 0 Å². The lowest BCUT2D eigenvalue weighted by molar-refractivity contribution is -0.359. The van der Waals surface area contributed by atoms with E-state index >= 15 is 0 Å². The molecule has 4 rings (SSSR count). The van der Waals surface area contributed by atoms with Crippen LogP contribution in [0.2, 0.25) is 0 Å². The number of anilines is 1. The predicted octanol–water partition coefficient (Wildman–Crippen LogP) is 2.75. The van der Waals surface area contributed by atoms with Crippen molar-refractivity contribution in [3.05, 3.63) is 44.7 Å². The number of nitriles is 1. The Bertz CT molecular complexity index is 981. The fourth-order valence-corrected chi connectivity index (χ4v) is 5.96. The standard InChI is InChI=1S/C20H19BrN4OS/c21-12-6-4-11(5-7-12)16(26)17-15(23)14-19(27-17)25-18(24)13(10-22)20(14)8-2-1-3-9-20/h4-7,13H,1-3,8-9,23H2,(H2,24,25)/p+1/t13-/m0/s1. The van der Waals surface area contributed by atoms with E-state index in [0.29, 0.717) is 22.0 Å². The number of carbonyl (C=O) groups is 1. The van der Waals surface area contributed by atoms with Gasteiger partial charge in [0.25, 0.3) is 5.84 Å². The van der Waals surface area contributed by atoms with E-state index in [0.717, 1.165) is 47.1 Å². The Morgan fingerprint density at radius 1 is 1.22 bits per heavy atom. The molecule has 1 aliphatic carbocycles. The minimum atomic E-state index is -0.433. The Kier molecular flexibility index (Phi) is 4.57. The summed E-state index contributed by atoms with van der Waals surface area (Å²) in [7, 11) is 0. The Hall–Kier alpha value is -2.17. The van der Waals surface area contributed by atoms with Gasteiger partial charge in [0.1, 0.15) is 4.88 Å². The quantitative estimate of drug-likeness (QED) is 0.620. The van der Waals surface area contributed by atoms with E-state index in [1.54, 1.807) is 12.1 Å². The number of benzene rings is 1. The molecule has 2 aromatic rings. The number of nitrogens with one attached hydrogen (secondary N) is 1. The van der Waals surface area contributed by atoms with Gasteiger partial charge in [-0.05, 0) is 37.1 Å². The van der Waals surface area contributed by atoms with Crippen LogP contribution in [0.5, 0.6) is 0 Å². The summed E-state index contributed by atoms with van der Waals surface area (Å²) >= 11 is 4.74. The second-order valence-electron chi connectivity index (χ2n) is 7.24. The number of nitrogen functional groups attached to an aromatic ring is 1. The first kappa shape index (κ1) is 18.2. The van der Waals surface area contributed by atoms with Crippen molar-refractivity contribution in [2.75, 3.05) is 5.73 Å². The van der Waals surface area contributed by atoms with Gasteiger partial charge in [0.15, 0.2) is 10.9 Å². The molecule has 7 heteroatoms. The molecule has 0 amide bonds. The van der Waals surface area contributed by atoms with Crippen molar-refractivity contribution in [1.82, 2.24) is 0 Å². The van der Waals surface area contributed by atoms with Gasteiger partial charge in [0.05, 0.1) is 11.8 Å². The summed E-state index contributed by atoms with van der Waals surface area (Å²) in [6, 6.07) is 9.65. The third kappa shape index (κ3) is 2.79. The molecule has 0 unspecified atom stereocenters. The summed E-state index contributed by atoms with van der Waals surface area (Å²) in [4.78, 5) is 16.8. The zero-order valence-corrected chi connectivity index (χ0v) is 17.1. The van der Waals surface area contributed by atoms with Crippen LogP contribution in [0.15, 0.2) is 28.7 Å². The van der Waals surface area contributed by atoms with Gasteiger partial charge < -0.3 is 5.73 Å². The van der Waals surface area contributed by atoms with E-state index in [2.05, 4.69) is 27.0 Å². The van der Waals surface area contributed by atoms with Crippen LogP contribution in [-0.2, 0) is 5.41 Å². The van der Waals surface area contributed by atoms with Gasteiger partial charge in [-0.25, -0.2) is 4.99 Å². The molecule has 1 saturated carbocycles. The molecule has 1 atom stereocenters. The van der Waals surface area contributed by atoms with Crippen molar-refractivity contribution in [3.63, 3.8) is 0 Å². The lowest BCUT2D eigenvalue weighted by atomic mass is 9.61. The highest BCUT2D eigenvalue weighted by Crippen LogP contribution is 2.53. The monoisotopic (exact) mass is 443 g/mol. The number of hydrogen-bond donors (Lipinski definition) is 3. The fourth-order valence-electron chi connectivity index (χ4n) is 4.49. The summed E-state index contributed by atoms with van der Waals surface area (Å²) in [5, 5.41) is 10.6. The number of carbonyl (C=O) groups excluding carboxylic acids is 1. The third-order valence-electron chi connectivity index (χ3n) is 5.75. The van der Waals surface area contributed by atoms with E-state index < -0.39 is 11.3 Å². The van der Waals surface area contributed by atoms with Gasteiger partial charge in [-0.1, -0.05) is 46.5 Å². The average Bonchev–Trinajstić information content (AvgIpc) is 2.99. The second-order valence-corrected chi connectivity index (χ2v) is 9.18. The molecule has 138 valence electrons. The van der Waals surface area contributed by atoms with E-state index in [9.17, 15) is 10.1 Å². The molecule has 2 aliphatic rings. The lowest BCUT2D eigenvalue weighted by Crippen LogP contribution is -2.76. The number of rotatable bonds is 2. The van der Waals surface area contributed by atoms with Crippen LogP contribution in [0, 0.1) is 17.2 Å². The number of nitrogens with two attached hydrogens (primary N) is 2. The van der Waals surface area contributed by atoms with E-state index in [1.807, 2.05) is 12.1 Å². The van der Waals surface area contributed by atoms with Gasteiger partial charge in [-0.3, -0.25) is 10.5 Å². The Morgan fingerprint density at radius 3 is 2.52 bits per heavy atom. The number of amidine groups is 1. The highest BCUT2D eigenvalue weighted by Gasteiger charge is 2.52. The minimum Gasteiger partial charge on any atom is -0.397 e. The largest absolute Gasteiger partial charge is 0.397 e. The van der Waals surface area contributed by atoms with Crippen LogP contribution in [0.25, 0.3) is 0 Å². The fraction of sp³-hybridized carbons (Fsp3) is 0.350. The van der Waals surface area contributed by atoms with Gasteiger partial charge >= 0.3 is 0 Å². The smallest absolute Gasteiger partial charge is 0.264 e. The number of nitrogens with zero attached hydrogens (tertiary/aromatic N) is 1. The van der Waals surface area contributed by atoms with E-state index in [-0.39, 0.29) is 5.78 Å². The average molecular weight is 444 g/mol. The zero-order valence-electron chi connectivity index (χ0n) is 14.7. The van der Waals surface area contributed by atoms with Crippen molar-refractivity contribution in [2.45, 2.75) is 37.5 Å². The summed E-state index contributed by atoms with van der Waals surface area (Å²) in [5.74, 6) is -0.0622. The van der Waals surface area contributed by atoms with Gasteiger partial charge in [-0.2, -0.15) is 5.26 Å². The molecule has 5 nitrogen and oxygen atoms in total. The molecule has 1 aliphatic heterocycles. The molecular formula is C20H20BrN4OS+.